The molecule has 3 nitrogen and oxygen atoms in total. The van der Waals surface area contributed by atoms with Gasteiger partial charge in [-0.3, -0.25) is 0 Å². The Balaban J connectivity index is 2.92. The number of rotatable bonds is 2. The highest BCUT2D eigenvalue weighted by molar-refractivity contribution is 7.98. The fourth-order valence-corrected chi connectivity index (χ4v) is 1.09. The van der Waals surface area contributed by atoms with Gasteiger partial charge < -0.3 is 9.73 Å². The zero-order valence-electron chi connectivity index (χ0n) is 6.26. The van der Waals surface area contributed by atoms with Gasteiger partial charge in [-0.2, -0.15) is 0 Å². The first kappa shape index (κ1) is 7.47. The zero-order valence-corrected chi connectivity index (χ0v) is 7.08. The largest absolute Gasteiger partial charge is 0.415 e. The lowest BCUT2D eigenvalue weighted by Crippen LogP contribution is -1.86. The summed E-state index contributed by atoms with van der Waals surface area (Å²) in [7, 11) is 1.82. The van der Waals surface area contributed by atoms with Gasteiger partial charge in [0.05, 0.1) is 0 Å². The Morgan fingerprint density at radius 3 is 2.60 bits per heavy atom. The second-order valence-corrected chi connectivity index (χ2v) is 2.61. The van der Waals surface area contributed by atoms with Gasteiger partial charge in [0, 0.05) is 7.05 Å². The van der Waals surface area contributed by atoms with E-state index < -0.39 is 0 Å². The molecule has 4 heteroatoms. The molecule has 0 radical (unpaired) electrons. The van der Waals surface area contributed by atoms with Crippen LogP contribution in [0, 0.1) is 6.92 Å². The lowest BCUT2D eigenvalue weighted by molar-refractivity contribution is 0.468. The van der Waals surface area contributed by atoms with Crippen molar-refractivity contribution in [2.45, 2.75) is 12.1 Å². The van der Waals surface area contributed by atoms with Crippen molar-refractivity contribution in [1.82, 2.24) is 4.98 Å². The Kier molecular flexibility index (Phi) is 2.21. The number of thioether (sulfide) groups is 1. The molecule has 0 saturated heterocycles. The summed E-state index contributed by atoms with van der Waals surface area (Å²) in [6.07, 6.45) is 1.94. The zero-order chi connectivity index (χ0) is 7.56. The highest BCUT2D eigenvalue weighted by Crippen LogP contribution is 2.21. The summed E-state index contributed by atoms with van der Waals surface area (Å²) >= 11 is 1.50. The van der Waals surface area contributed by atoms with E-state index in [0.717, 1.165) is 11.6 Å². The maximum atomic E-state index is 5.25. The van der Waals surface area contributed by atoms with Crippen molar-refractivity contribution in [3.8, 4) is 0 Å². The van der Waals surface area contributed by atoms with Crippen molar-refractivity contribution in [2.24, 2.45) is 0 Å². The average Bonchev–Trinajstić information content (AvgIpc) is 2.30. The Labute approximate surface area is 64.2 Å². The Morgan fingerprint density at radius 2 is 2.30 bits per heavy atom. The molecule has 0 atom stereocenters. The van der Waals surface area contributed by atoms with E-state index in [-0.39, 0.29) is 0 Å². The number of nitrogens with zero attached hydrogens (tertiary/aromatic N) is 1. The van der Waals surface area contributed by atoms with E-state index in [1.165, 1.54) is 11.8 Å². The highest BCUT2D eigenvalue weighted by Gasteiger charge is 2.04. The molecule has 0 amide bonds. The summed E-state index contributed by atoms with van der Waals surface area (Å²) in [5, 5.41) is 3.62. The van der Waals surface area contributed by atoms with E-state index in [9.17, 15) is 0 Å². The van der Waals surface area contributed by atoms with Crippen molar-refractivity contribution in [3.05, 3.63) is 5.69 Å². The number of hydrogen-bond acceptors (Lipinski definition) is 4. The van der Waals surface area contributed by atoms with Gasteiger partial charge in [-0.15, -0.1) is 0 Å². The van der Waals surface area contributed by atoms with Crippen LogP contribution in [0.5, 0.6) is 0 Å². The summed E-state index contributed by atoms with van der Waals surface area (Å²) in [6, 6.07) is 0. The third-order valence-electron chi connectivity index (χ3n) is 1.18. The molecule has 0 aliphatic rings. The molecule has 0 saturated carbocycles. The van der Waals surface area contributed by atoms with Gasteiger partial charge in [-0.25, -0.2) is 4.98 Å². The molecule has 1 rings (SSSR count). The molecule has 10 heavy (non-hydrogen) atoms. The fraction of sp³-hybridized carbons (Fsp3) is 0.500. The monoisotopic (exact) mass is 158 g/mol. The molecule has 1 aromatic heterocycles. The lowest BCUT2D eigenvalue weighted by Gasteiger charge is -1.90. The van der Waals surface area contributed by atoms with Crippen molar-refractivity contribution >= 4 is 17.6 Å². The van der Waals surface area contributed by atoms with Gasteiger partial charge in [0.25, 0.3) is 5.22 Å². The van der Waals surface area contributed by atoms with E-state index in [1.807, 2.05) is 20.2 Å². The number of anilines is 1. The molecule has 1 N–H and O–H groups in total. The second-order valence-electron chi connectivity index (χ2n) is 1.85. The number of nitrogens with one attached hydrogen (secondary N) is 1. The Hall–Kier alpha value is -0.640. The second kappa shape index (κ2) is 2.96. The smallest absolute Gasteiger partial charge is 0.257 e. The number of aryl methyl sites for hydroxylation is 1. The van der Waals surface area contributed by atoms with Crippen LogP contribution in [-0.4, -0.2) is 18.3 Å². The minimum absolute atomic E-state index is 0.710. The summed E-state index contributed by atoms with van der Waals surface area (Å²) in [6.45, 7) is 1.91. The van der Waals surface area contributed by atoms with Crippen molar-refractivity contribution in [2.75, 3.05) is 18.6 Å². The maximum Gasteiger partial charge on any atom is 0.257 e. The van der Waals surface area contributed by atoms with Crippen LogP contribution in [-0.2, 0) is 0 Å². The predicted octanol–water partition coefficient (Wildman–Crippen LogP) is 1.75. The van der Waals surface area contributed by atoms with Crippen molar-refractivity contribution < 1.29 is 4.42 Å². The normalized spacial score (nSPS) is 9.90. The van der Waals surface area contributed by atoms with Crippen LogP contribution in [0.2, 0.25) is 0 Å². The first-order valence-electron chi connectivity index (χ1n) is 2.97. The minimum atomic E-state index is 0.710. The highest BCUT2D eigenvalue weighted by atomic mass is 32.2. The standard InChI is InChI=1S/C6H10N2OS/c1-4-5(7-2)9-6(8-4)10-3/h7H,1-3H3. The molecule has 0 bridgehead atoms. The molecule has 1 heterocycles. The fourth-order valence-electron chi connectivity index (χ4n) is 0.691. The van der Waals surface area contributed by atoms with Crippen LogP contribution in [0.3, 0.4) is 0 Å². The van der Waals surface area contributed by atoms with Crippen molar-refractivity contribution in [3.63, 3.8) is 0 Å². The van der Waals surface area contributed by atoms with Crippen LogP contribution in [0.4, 0.5) is 5.88 Å². The molecular weight excluding hydrogens is 148 g/mol. The number of hydrogen-bond donors (Lipinski definition) is 1. The van der Waals surface area contributed by atoms with Crippen LogP contribution in [0.25, 0.3) is 0 Å². The molecule has 1 aromatic rings. The summed E-state index contributed by atoms with van der Waals surface area (Å²) < 4.78 is 5.25. The van der Waals surface area contributed by atoms with E-state index in [4.69, 9.17) is 4.42 Å². The van der Waals surface area contributed by atoms with Crippen molar-refractivity contribution in [1.29, 1.82) is 0 Å². The van der Waals surface area contributed by atoms with Crippen LogP contribution in [0.1, 0.15) is 5.69 Å². The van der Waals surface area contributed by atoms with Crippen LogP contribution < -0.4 is 5.32 Å². The van der Waals surface area contributed by atoms with Gasteiger partial charge >= 0.3 is 0 Å². The predicted molar refractivity (Wildman–Crippen MR) is 42.6 cm³/mol. The minimum Gasteiger partial charge on any atom is -0.415 e. The molecule has 0 spiro atoms. The van der Waals surface area contributed by atoms with E-state index in [2.05, 4.69) is 10.3 Å². The molecule has 0 fully saturated rings. The molecule has 0 aliphatic carbocycles. The topological polar surface area (TPSA) is 38.1 Å². The maximum absolute atomic E-state index is 5.25. The Morgan fingerprint density at radius 1 is 1.60 bits per heavy atom. The molecule has 0 unspecified atom stereocenters. The van der Waals surface area contributed by atoms with Gasteiger partial charge in [0.2, 0.25) is 5.88 Å². The third kappa shape index (κ3) is 1.26. The SMILES string of the molecule is CNc1oc(SC)nc1C. The number of oxazole rings is 1. The van der Waals surface area contributed by atoms with Crippen LogP contribution in [0.15, 0.2) is 9.64 Å². The van der Waals surface area contributed by atoms with E-state index in [1.54, 1.807) is 0 Å². The molecule has 0 aliphatic heterocycles. The summed E-state index contributed by atoms with van der Waals surface area (Å²) in [4.78, 5) is 4.13. The lowest BCUT2D eigenvalue weighted by atomic mass is 10.5. The first-order valence-corrected chi connectivity index (χ1v) is 4.19. The Bertz CT molecular complexity index is 222. The third-order valence-corrected chi connectivity index (χ3v) is 1.70. The van der Waals surface area contributed by atoms with E-state index in [0.29, 0.717) is 5.22 Å². The molecule has 0 aromatic carbocycles. The van der Waals surface area contributed by atoms with Gasteiger partial charge in [0.15, 0.2) is 0 Å². The van der Waals surface area contributed by atoms with Gasteiger partial charge in [-0.1, -0.05) is 11.8 Å². The first-order chi connectivity index (χ1) is 4.77. The molecule has 56 valence electrons. The van der Waals surface area contributed by atoms with Gasteiger partial charge in [0.1, 0.15) is 5.69 Å². The summed E-state index contributed by atoms with van der Waals surface area (Å²) in [5.74, 6) is 0.754. The number of aromatic nitrogens is 1. The van der Waals surface area contributed by atoms with Crippen LogP contribution >= 0.6 is 11.8 Å². The van der Waals surface area contributed by atoms with E-state index >= 15 is 0 Å². The average molecular weight is 158 g/mol. The quantitative estimate of drug-likeness (QED) is 0.665. The molecular formula is C6H10N2OS. The summed E-state index contributed by atoms with van der Waals surface area (Å²) in [5.41, 5.74) is 0.909. The van der Waals surface area contributed by atoms with Gasteiger partial charge in [-0.05, 0) is 13.2 Å².